The van der Waals surface area contributed by atoms with E-state index < -0.39 is 0 Å². The largest absolute Gasteiger partial charge is 0.456 e. The number of benzene rings is 11. The summed E-state index contributed by atoms with van der Waals surface area (Å²) in [7, 11) is 0. The Hall–Kier alpha value is -9.38. The van der Waals surface area contributed by atoms with Crippen molar-refractivity contribution < 1.29 is 8.83 Å². The first-order valence-corrected chi connectivity index (χ1v) is 25.2. The van der Waals surface area contributed by atoms with E-state index >= 15 is 0 Å². The number of fused-ring (bicyclic) bond motifs is 15. The zero-order valence-corrected chi connectivity index (χ0v) is 40.2. The molecule has 0 saturated carbocycles. The Labute approximate surface area is 420 Å². The summed E-state index contributed by atoms with van der Waals surface area (Å²) in [4.78, 5) is 0. The molecule has 0 N–H and O–H groups in total. The Morgan fingerprint density at radius 1 is 0.315 bits per heavy atom. The van der Waals surface area contributed by atoms with Crippen molar-refractivity contribution in [2.75, 3.05) is 0 Å². The molecule has 1 aliphatic carbocycles. The van der Waals surface area contributed by atoms with E-state index in [1.165, 1.54) is 54.8 Å². The van der Waals surface area contributed by atoms with Crippen LogP contribution < -0.4 is 0 Å². The predicted octanol–water partition coefficient (Wildman–Crippen LogP) is 19.0. The molecule has 0 aliphatic heterocycles. The summed E-state index contributed by atoms with van der Waals surface area (Å²) < 4.78 is 18.1. The standard InChI is InChI=1S/C69H44N2O2/c1-69(2)58-26-8-3-16-48(58)49-34-33-45(40-59(49)69)70-60-27-9-4-17-50(60)54-23-13-21-46(66(54)70)43-36-42(41-32-35-65-57(39-41)53-20-7-11-30-63(53)72-65)37-44(38-43)47-22-14-24-55-51-18-5-10-28-61(51)71(67(47)55)62-29-15-25-56-52-19-6-12-31-64(52)73-68(56)62/h3-40H,1-2H3. The maximum absolute atomic E-state index is 6.80. The lowest BCUT2D eigenvalue weighted by atomic mass is 9.82. The van der Waals surface area contributed by atoms with Crippen LogP contribution in [0.3, 0.4) is 0 Å². The topological polar surface area (TPSA) is 36.1 Å². The van der Waals surface area contributed by atoms with E-state index in [1.54, 1.807) is 0 Å². The van der Waals surface area contributed by atoms with Crippen molar-refractivity contribution in [1.82, 2.24) is 9.13 Å². The van der Waals surface area contributed by atoms with Crippen LogP contribution in [0.1, 0.15) is 25.0 Å². The highest BCUT2D eigenvalue weighted by molar-refractivity contribution is 6.18. The van der Waals surface area contributed by atoms with Crippen molar-refractivity contribution in [1.29, 1.82) is 0 Å². The zero-order chi connectivity index (χ0) is 48.1. The summed E-state index contributed by atoms with van der Waals surface area (Å²) in [5, 5.41) is 9.24. The Kier molecular flexibility index (Phi) is 8.20. The average molecular weight is 933 g/mol. The third-order valence-corrected chi connectivity index (χ3v) is 16.1. The summed E-state index contributed by atoms with van der Waals surface area (Å²) in [5.74, 6) is 0. The highest BCUT2D eigenvalue weighted by Gasteiger charge is 2.35. The summed E-state index contributed by atoms with van der Waals surface area (Å²) in [6, 6.07) is 84.5. The molecule has 0 saturated heterocycles. The number of rotatable bonds is 5. The molecular formula is C69H44N2O2. The maximum atomic E-state index is 6.80. The monoisotopic (exact) mass is 932 g/mol. The second-order valence-electron chi connectivity index (χ2n) is 20.4. The summed E-state index contributed by atoms with van der Waals surface area (Å²) >= 11 is 0. The quantitative estimate of drug-likeness (QED) is 0.172. The minimum atomic E-state index is -0.145. The van der Waals surface area contributed by atoms with Gasteiger partial charge in [0, 0.05) is 65.3 Å². The summed E-state index contributed by atoms with van der Waals surface area (Å²) in [6.07, 6.45) is 0. The van der Waals surface area contributed by atoms with Gasteiger partial charge in [-0.2, -0.15) is 0 Å². The van der Waals surface area contributed by atoms with Gasteiger partial charge >= 0.3 is 0 Å². The molecule has 0 atom stereocenters. The maximum Gasteiger partial charge on any atom is 0.159 e. The van der Waals surface area contributed by atoms with Gasteiger partial charge in [-0.15, -0.1) is 0 Å². The second-order valence-corrected chi connectivity index (χ2v) is 20.4. The Balaban J connectivity index is 0.991. The number of hydrogen-bond acceptors (Lipinski definition) is 2. The van der Waals surface area contributed by atoms with Crippen LogP contribution in [-0.2, 0) is 5.41 Å². The van der Waals surface area contributed by atoms with E-state index in [0.29, 0.717) is 0 Å². The third kappa shape index (κ3) is 5.66. The molecule has 0 bridgehead atoms. The van der Waals surface area contributed by atoms with Crippen molar-refractivity contribution in [3.63, 3.8) is 0 Å². The average Bonchev–Trinajstić information content (AvgIpc) is 4.26. The number of aromatic nitrogens is 2. The molecule has 16 rings (SSSR count). The van der Waals surface area contributed by atoms with Gasteiger partial charge in [0.25, 0.3) is 0 Å². The fourth-order valence-corrected chi connectivity index (χ4v) is 12.8. The van der Waals surface area contributed by atoms with Gasteiger partial charge in [-0.1, -0.05) is 172 Å². The molecule has 4 aromatic heterocycles. The van der Waals surface area contributed by atoms with Crippen molar-refractivity contribution in [2.45, 2.75) is 19.3 Å². The minimum Gasteiger partial charge on any atom is -0.456 e. The van der Waals surface area contributed by atoms with E-state index in [2.05, 4.69) is 241 Å². The normalized spacial score (nSPS) is 13.2. The summed E-state index contributed by atoms with van der Waals surface area (Å²) in [6.45, 7) is 4.74. The molecule has 0 fully saturated rings. The SMILES string of the molecule is CC1(C)c2ccccc2-c2ccc(-n3c4ccccc4c4cccc(-c5cc(-c6ccc7oc8ccccc8c7c6)cc(-c6cccc7c8ccccc8n(-c8cccc9c8oc8ccccc89)c67)c5)c43)cc21. The fourth-order valence-electron chi connectivity index (χ4n) is 12.8. The van der Waals surface area contributed by atoms with Crippen LogP contribution in [0, 0.1) is 0 Å². The first-order chi connectivity index (χ1) is 36.0. The van der Waals surface area contributed by atoms with Crippen molar-refractivity contribution in [3.05, 3.63) is 242 Å². The molecule has 0 radical (unpaired) electrons. The molecule has 0 unspecified atom stereocenters. The van der Waals surface area contributed by atoms with Crippen LogP contribution in [0.5, 0.6) is 0 Å². The molecule has 15 aromatic rings. The van der Waals surface area contributed by atoms with E-state index in [9.17, 15) is 0 Å². The van der Waals surface area contributed by atoms with Crippen LogP contribution in [0.15, 0.2) is 239 Å². The fraction of sp³-hybridized carbons (Fsp3) is 0.0435. The molecule has 4 nitrogen and oxygen atoms in total. The third-order valence-electron chi connectivity index (χ3n) is 16.1. The Morgan fingerprint density at radius 3 is 1.58 bits per heavy atom. The molecule has 73 heavy (non-hydrogen) atoms. The van der Waals surface area contributed by atoms with E-state index in [4.69, 9.17) is 8.83 Å². The van der Waals surface area contributed by atoms with Crippen molar-refractivity contribution >= 4 is 87.5 Å². The molecule has 0 amide bonds. The number of furan rings is 2. The van der Waals surface area contributed by atoms with Gasteiger partial charge < -0.3 is 18.0 Å². The zero-order valence-electron chi connectivity index (χ0n) is 40.2. The minimum absolute atomic E-state index is 0.145. The van der Waals surface area contributed by atoms with E-state index in [0.717, 1.165) is 99.7 Å². The highest BCUT2D eigenvalue weighted by atomic mass is 16.3. The number of para-hydroxylation sites is 7. The van der Waals surface area contributed by atoms with Gasteiger partial charge in [-0.3, -0.25) is 0 Å². The van der Waals surface area contributed by atoms with E-state index in [-0.39, 0.29) is 5.41 Å². The van der Waals surface area contributed by atoms with E-state index in [1.807, 2.05) is 12.1 Å². The van der Waals surface area contributed by atoms with Crippen LogP contribution in [0.2, 0.25) is 0 Å². The summed E-state index contributed by atoms with van der Waals surface area (Å²) in [5.41, 5.74) is 22.3. The number of hydrogen-bond donors (Lipinski definition) is 0. The van der Waals surface area contributed by atoms with Gasteiger partial charge in [-0.05, 0) is 117 Å². The van der Waals surface area contributed by atoms with Crippen LogP contribution in [0.25, 0.3) is 143 Å². The first-order valence-electron chi connectivity index (χ1n) is 25.2. The van der Waals surface area contributed by atoms with Crippen molar-refractivity contribution in [2.24, 2.45) is 0 Å². The molecule has 4 heterocycles. The second kappa shape index (κ2) is 14.8. The predicted molar refractivity (Wildman–Crippen MR) is 304 cm³/mol. The smallest absolute Gasteiger partial charge is 0.159 e. The lowest BCUT2D eigenvalue weighted by Gasteiger charge is -2.22. The van der Waals surface area contributed by atoms with Gasteiger partial charge in [0.15, 0.2) is 5.58 Å². The van der Waals surface area contributed by atoms with Gasteiger partial charge in [0.1, 0.15) is 16.7 Å². The lowest BCUT2D eigenvalue weighted by molar-refractivity contribution is 0.660. The van der Waals surface area contributed by atoms with Gasteiger partial charge in [-0.25, -0.2) is 0 Å². The molecule has 342 valence electrons. The Bertz CT molecular complexity index is 4840. The molecule has 0 spiro atoms. The first kappa shape index (κ1) is 40.4. The Morgan fingerprint density at radius 2 is 0.836 bits per heavy atom. The molecule has 11 aromatic carbocycles. The molecular weight excluding hydrogens is 889 g/mol. The molecule has 1 aliphatic rings. The van der Waals surface area contributed by atoms with Gasteiger partial charge in [0.2, 0.25) is 0 Å². The van der Waals surface area contributed by atoms with Crippen molar-refractivity contribution in [3.8, 4) is 55.9 Å². The van der Waals surface area contributed by atoms with Gasteiger partial charge in [0.05, 0.1) is 27.8 Å². The highest BCUT2D eigenvalue weighted by Crippen LogP contribution is 2.51. The molecule has 4 heteroatoms. The van der Waals surface area contributed by atoms with Crippen LogP contribution in [0.4, 0.5) is 0 Å². The van der Waals surface area contributed by atoms with Crippen LogP contribution >= 0.6 is 0 Å². The number of nitrogens with zero attached hydrogens (tertiary/aromatic N) is 2. The lowest BCUT2D eigenvalue weighted by Crippen LogP contribution is -2.15. The van der Waals surface area contributed by atoms with Crippen LogP contribution in [-0.4, -0.2) is 9.13 Å².